The van der Waals surface area contributed by atoms with Crippen molar-refractivity contribution in [2.45, 2.75) is 59.9 Å². The number of fused-ring (bicyclic) bond motifs is 1. The third kappa shape index (κ3) is 6.18. The zero-order chi connectivity index (χ0) is 30.3. The van der Waals surface area contributed by atoms with Crippen LogP contribution in [0.1, 0.15) is 54.8 Å². The molecule has 0 aliphatic carbocycles. The number of aryl methyl sites for hydroxylation is 2. The number of pyridine rings is 1. The molecule has 0 amide bonds. The van der Waals surface area contributed by atoms with Gasteiger partial charge in [-0.25, -0.2) is 4.98 Å². The average molecular weight is 584 g/mol. The number of carboxylic acids is 1. The number of carboxylic acid groups (broad SMARTS) is 1. The number of anilines is 3. The Morgan fingerprint density at radius 2 is 1.63 bits per heavy atom. The average Bonchev–Trinajstić information content (AvgIpc) is 2.98. The number of piperidine rings is 1. The van der Waals surface area contributed by atoms with Crippen molar-refractivity contribution in [3.63, 3.8) is 0 Å². The van der Waals surface area contributed by atoms with Gasteiger partial charge in [-0.15, -0.1) is 0 Å². The summed E-state index contributed by atoms with van der Waals surface area (Å²) in [5, 5.41) is 9.84. The fourth-order valence-corrected chi connectivity index (χ4v) is 6.84. The molecule has 0 unspecified atom stereocenters. The second kappa shape index (κ2) is 11.8. The molecule has 2 aromatic heterocycles. The highest BCUT2D eigenvalue weighted by molar-refractivity contribution is 5.86. The van der Waals surface area contributed by atoms with Crippen molar-refractivity contribution in [1.29, 1.82) is 0 Å². The first-order chi connectivity index (χ1) is 20.6. The summed E-state index contributed by atoms with van der Waals surface area (Å²) in [6.07, 6.45) is 4.93. The Morgan fingerprint density at radius 3 is 2.35 bits per heavy atom. The lowest BCUT2D eigenvalue weighted by molar-refractivity contribution is -0.136. The minimum atomic E-state index is -0.817. The Morgan fingerprint density at radius 1 is 0.884 bits per heavy atom. The maximum absolute atomic E-state index is 12.0. The molecule has 0 atom stereocenters. The van der Waals surface area contributed by atoms with E-state index < -0.39 is 5.97 Å². The largest absolute Gasteiger partial charge is 0.481 e. The molecule has 3 aliphatic rings. The quantitative estimate of drug-likeness (QED) is 0.443. The van der Waals surface area contributed by atoms with Crippen LogP contribution in [-0.2, 0) is 24.2 Å². The molecule has 0 bridgehead atoms. The van der Waals surface area contributed by atoms with Crippen LogP contribution in [0, 0.1) is 19.3 Å². The molecule has 0 saturated carbocycles. The van der Waals surface area contributed by atoms with Crippen molar-refractivity contribution in [2.24, 2.45) is 5.41 Å². The number of benzene rings is 1. The molecule has 6 rings (SSSR count). The van der Waals surface area contributed by atoms with Crippen molar-refractivity contribution in [1.82, 2.24) is 19.9 Å². The number of carbonyl (C=O) groups is 1. The molecular weight excluding hydrogens is 538 g/mol. The normalized spacial score (nSPS) is 19.0. The molecule has 2 fully saturated rings. The standard InChI is InChI=1S/C34H45N7O2/c1-23-28(21-30(42)43)32(40-14-10-34(3,4)11-15-40)31(24(2)36-23)26-6-7-27-22-41(13-9-25(27)20-26)33-35-12-8-29(37-33)39-18-16-38(5)17-19-39/h6-8,12,20H,9-11,13-19,21-22H2,1-5H3,(H,42,43). The Kier molecular flexibility index (Phi) is 8.02. The van der Waals surface area contributed by atoms with Gasteiger partial charge in [0, 0.05) is 81.1 Å². The zero-order valence-electron chi connectivity index (χ0n) is 26.4. The van der Waals surface area contributed by atoms with E-state index in [0.29, 0.717) is 5.41 Å². The zero-order valence-corrected chi connectivity index (χ0v) is 26.4. The van der Waals surface area contributed by atoms with Gasteiger partial charge in [0.15, 0.2) is 0 Å². The summed E-state index contributed by atoms with van der Waals surface area (Å²) in [4.78, 5) is 35.9. The SMILES string of the molecule is Cc1nc(C)c(-c2ccc3c(c2)CCN(c2nccc(N4CCN(C)CC4)n2)C3)c(N2CCC(C)(C)CC2)c1CC(=O)O. The molecule has 1 aromatic carbocycles. The minimum absolute atomic E-state index is 0.0194. The summed E-state index contributed by atoms with van der Waals surface area (Å²) in [6.45, 7) is 16.2. The lowest BCUT2D eigenvalue weighted by Gasteiger charge is -2.40. The van der Waals surface area contributed by atoms with Gasteiger partial charge in [0.25, 0.3) is 0 Å². The van der Waals surface area contributed by atoms with Gasteiger partial charge in [-0.2, -0.15) is 4.98 Å². The van der Waals surface area contributed by atoms with E-state index in [2.05, 4.69) is 70.6 Å². The Balaban J connectivity index is 1.30. The van der Waals surface area contributed by atoms with E-state index in [9.17, 15) is 9.90 Å². The van der Waals surface area contributed by atoms with Gasteiger partial charge in [0.05, 0.1) is 12.1 Å². The second-order valence-electron chi connectivity index (χ2n) is 13.4. The third-order valence-corrected chi connectivity index (χ3v) is 9.66. The third-order valence-electron chi connectivity index (χ3n) is 9.66. The first-order valence-corrected chi connectivity index (χ1v) is 15.7. The van der Waals surface area contributed by atoms with Crippen LogP contribution in [0.3, 0.4) is 0 Å². The van der Waals surface area contributed by atoms with Gasteiger partial charge in [-0.05, 0) is 68.3 Å². The predicted octanol–water partition coefficient (Wildman–Crippen LogP) is 4.72. The van der Waals surface area contributed by atoms with Crippen molar-refractivity contribution in [3.05, 3.63) is 58.5 Å². The minimum Gasteiger partial charge on any atom is -0.481 e. The van der Waals surface area contributed by atoms with Gasteiger partial charge in [0.2, 0.25) is 5.95 Å². The molecule has 3 aliphatic heterocycles. The van der Waals surface area contributed by atoms with E-state index in [0.717, 1.165) is 117 Å². The maximum Gasteiger partial charge on any atom is 0.307 e. The van der Waals surface area contributed by atoms with Crippen LogP contribution in [0.15, 0.2) is 30.5 Å². The van der Waals surface area contributed by atoms with Crippen LogP contribution >= 0.6 is 0 Å². The summed E-state index contributed by atoms with van der Waals surface area (Å²) < 4.78 is 0. The van der Waals surface area contributed by atoms with Gasteiger partial charge < -0.3 is 24.7 Å². The molecule has 228 valence electrons. The van der Waals surface area contributed by atoms with E-state index in [-0.39, 0.29) is 6.42 Å². The number of hydrogen-bond acceptors (Lipinski definition) is 8. The molecule has 1 N–H and O–H groups in total. The number of nitrogens with zero attached hydrogens (tertiary/aromatic N) is 7. The van der Waals surface area contributed by atoms with E-state index >= 15 is 0 Å². The first-order valence-electron chi connectivity index (χ1n) is 15.7. The number of piperazine rings is 1. The van der Waals surface area contributed by atoms with Gasteiger partial charge in [-0.3, -0.25) is 9.78 Å². The van der Waals surface area contributed by atoms with Crippen molar-refractivity contribution in [3.8, 4) is 11.1 Å². The highest BCUT2D eigenvalue weighted by Gasteiger charge is 2.31. The molecule has 5 heterocycles. The van der Waals surface area contributed by atoms with Gasteiger partial charge in [-0.1, -0.05) is 32.0 Å². The summed E-state index contributed by atoms with van der Waals surface area (Å²) >= 11 is 0. The fraction of sp³-hybridized carbons (Fsp3) is 0.529. The lowest BCUT2D eigenvalue weighted by atomic mass is 9.82. The van der Waals surface area contributed by atoms with Crippen LogP contribution in [0.4, 0.5) is 17.5 Å². The molecule has 43 heavy (non-hydrogen) atoms. The fourth-order valence-electron chi connectivity index (χ4n) is 6.84. The maximum atomic E-state index is 12.0. The molecule has 9 heteroatoms. The first kappa shape index (κ1) is 29.4. The monoisotopic (exact) mass is 583 g/mol. The molecule has 0 spiro atoms. The molecule has 3 aromatic rings. The lowest BCUT2D eigenvalue weighted by Crippen LogP contribution is -2.45. The summed E-state index contributed by atoms with van der Waals surface area (Å²) in [6, 6.07) is 8.78. The summed E-state index contributed by atoms with van der Waals surface area (Å²) in [5.74, 6) is 0.980. The van der Waals surface area contributed by atoms with Crippen molar-refractivity contribution >= 4 is 23.4 Å². The van der Waals surface area contributed by atoms with Crippen LogP contribution in [-0.4, -0.2) is 83.8 Å². The Bertz CT molecular complexity index is 1500. The summed E-state index contributed by atoms with van der Waals surface area (Å²) in [7, 11) is 2.17. The summed E-state index contributed by atoms with van der Waals surface area (Å²) in [5.41, 5.74) is 8.79. The number of rotatable bonds is 6. The topological polar surface area (TPSA) is 88.9 Å². The Hall–Kier alpha value is -3.72. The molecule has 2 saturated heterocycles. The van der Waals surface area contributed by atoms with Gasteiger partial charge in [0.1, 0.15) is 5.82 Å². The van der Waals surface area contributed by atoms with Gasteiger partial charge >= 0.3 is 5.97 Å². The smallest absolute Gasteiger partial charge is 0.307 e. The van der Waals surface area contributed by atoms with Crippen LogP contribution in [0.5, 0.6) is 0 Å². The highest BCUT2D eigenvalue weighted by atomic mass is 16.4. The van der Waals surface area contributed by atoms with E-state index in [4.69, 9.17) is 9.97 Å². The van der Waals surface area contributed by atoms with Crippen LogP contribution in [0.25, 0.3) is 11.1 Å². The number of likely N-dealkylation sites (N-methyl/N-ethyl adjacent to an activating group) is 1. The van der Waals surface area contributed by atoms with Crippen LogP contribution < -0.4 is 14.7 Å². The van der Waals surface area contributed by atoms with E-state index in [1.54, 1.807) is 0 Å². The highest BCUT2D eigenvalue weighted by Crippen LogP contribution is 2.42. The molecular formula is C34H45N7O2. The Labute approximate surface area is 255 Å². The second-order valence-corrected chi connectivity index (χ2v) is 13.4. The molecule has 0 radical (unpaired) electrons. The van der Waals surface area contributed by atoms with E-state index in [1.807, 2.05) is 19.2 Å². The van der Waals surface area contributed by atoms with Crippen molar-refractivity contribution in [2.75, 3.05) is 67.6 Å². The van der Waals surface area contributed by atoms with E-state index in [1.165, 1.54) is 11.1 Å². The predicted molar refractivity (Wildman–Crippen MR) is 172 cm³/mol. The number of aliphatic carboxylic acids is 1. The molecule has 9 nitrogen and oxygen atoms in total. The van der Waals surface area contributed by atoms with Crippen LogP contribution in [0.2, 0.25) is 0 Å². The number of hydrogen-bond donors (Lipinski definition) is 1. The number of aromatic nitrogens is 3. The van der Waals surface area contributed by atoms with Crippen molar-refractivity contribution < 1.29 is 9.90 Å².